The topological polar surface area (TPSA) is 53.0 Å². The summed E-state index contributed by atoms with van der Waals surface area (Å²) in [6.07, 6.45) is 7.46. The van der Waals surface area contributed by atoms with E-state index in [2.05, 4.69) is 23.1 Å². The lowest BCUT2D eigenvalue weighted by Crippen LogP contribution is -2.33. The third-order valence-electron chi connectivity index (χ3n) is 5.17. The Kier molecular flexibility index (Phi) is 8.36. The van der Waals surface area contributed by atoms with Gasteiger partial charge >= 0.3 is 0 Å². The molecule has 0 amide bonds. The van der Waals surface area contributed by atoms with Gasteiger partial charge in [0.2, 0.25) is 0 Å². The fraction of sp³-hybridized carbons (Fsp3) is 0.611. The zero-order valence-electron chi connectivity index (χ0n) is 13.5. The van der Waals surface area contributed by atoms with E-state index in [1.54, 1.807) is 0 Å². The summed E-state index contributed by atoms with van der Waals surface area (Å²) in [7, 11) is 0. The van der Waals surface area contributed by atoms with Crippen LogP contribution < -0.4 is 5.73 Å². The Morgan fingerprint density at radius 3 is 2.57 bits per heavy atom. The number of nitrogens with two attached hydrogens (primary N) is 1. The number of fused-ring (bicyclic) bond motifs is 1. The van der Waals surface area contributed by atoms with Gasteiger partial charge in [0.1, 0.15) is 0 Å². The van der Waals surface area contributed by atoms with Gasteiger partial charge in [-0.05, 0) is 74.2 Å². The molecule has 3 rings (SSSR count). The molecule has 1 aliphatic heterocycles. The van der Waals surface area contributed by atoms with Crippen molar-refractivity contribution >= 4 is 24.8 Å². The van der Waals surface area contributed by atoms with Gasteiger partial charge in [-0.1, -0.05) is 6.07 Å². The molecule has 2 aliphatic rings. The number of halogens is 2. The van der Waals surface area contributed by atoms with E-state index in [1.165, 1.54) is 49.8 Å². The van der Waals surface area contributed by atoms with Crippen molar-refractivity contribution < 1.29 is 0 Å². The number of nitriles is 1. The van der Waals surface area contributed by atoms with Gasteiger partial charge in [-0.3, -0.25) is 4.90 Å². The summed E-state index contributed by atoms with van der Waals surface area (Å²) in [4.78, 5) is 2.55. The number of rotatable bonds is 3. The second-order valence-corrected chi connectivity index (χ2v) is 6.69. The van der Waals surface area contributed by atoms with Crippen molar-refractivity contribution in [2.75, 3.05) is 13.1 Å². The Bertz CT molecular complexity index is 534. The molecule has 0 bridgehead atoms. The molecule has 128 valence electrons. The van der Waals surface area contributed by atoms with Gasteiger partial charge in [0.25, 0.3) is 0 Å². The highest BCUT2D eigenvalue weighted by Gasteiger charge is 2.21. The number of nitrogens with zero attached hydrogens (tertiary/aromatic N) is 2. The summed E-state index contributed by atoms with van der Waals surface area (Å²) in [5.74, 6) is 0.872. The molecule has 1 fully saturated rings. The molecule has 3 nitrogen and oxygen atoms in total. The van der Waals surface area contributed by atoms with Crippen LogP contribution in [0.4, 0.5) is 0 Å². The fourth-order valence-corrected chi connectivity index (χ4v) is 3.72. The van der Waals surface area contributed by atoms with Crippen LogP contribution in [0.15, 0.2) is 18.2 Å². The Morgan fingerprint density at radius 1 is 1.13 bits per heavy atom. The Balaban J connectivity index is 0.00000132. The summed E-state index contributed by atoms with van der Waals surface area (Å²) >= 11 is 0. The Labute approximate surface area is 152 Å². The van der Waals surface area contributed by atoms with E-state index in [-0.39, 0.29) is 24.8 Å². The largest absolute Gasteiger partial charge is 0.328 e. The zero-order chi connectivity index (χ0) is 14.7. The van der Waals surface area contributed by atoms with E-state index in [9.17, 15) is 0 Å². The van der Waals surface area contributed by atoms with Crippen molar-refractivity contribution in [3.63, 3.8) is 0 Å². The average molecular weight is 356 g/mol. The van der Waals surface area contributed by atoms with Crippen molar-refractivity contribution in [3.8, 4) is 6.07 Å². The minimum absolute atomic E-state index is 0. The van der Waals surface area contributed by atoms with E-state index < -0.39 is 0 Å². The second kappa shape index (κ2) is 9.49. The van der Waals surface area contributed by atoms with E-state index >= 15 is 0 Å². The van der Waals surface area contributed by atoms with Crippen molar-refractivity contribution in [2.45, 2.75) is 51.1 Å². The molecule has 1 heterocycles. The fourth-order valence-electron chi connectivity index (χ4n) is 3.72. The zero-order valence-corrected chi connectivity index (χ0v) is 15.2. The molecule has 5 heteroatoms. The molecule has 1 saturated carbocycles. The minimum atomic E-state index is 0. The van der Waals surface area contributed by atoms with E-state index in [0.717, 1.165) is 31.0 Å². The van der Waals surface area contributed by atoms with Crippen LogP contribution >= 0.6 is 24.8 Å². The van der Waals surface area contributed by atoms with Crippen molar-refractivity contribution in [1.29, 1.82) is 5.26 Å². The van der Waals surface area contributed by atoms with Crippen LogP contribution in [0.5, 0.6) is 0 Å². The predicted octanol–water partition coefficient (Wildman–Crippen LogP) is 3.67. The van der Waals surface area contributed by atoms with E-state index in [0.29, 0.717) is 6.04 Å². The molecule has 1 aromatic carbocycles. The van der Waals surface area contributed by atoms with Gasteiger partial charge in [0.05, 0.1) is 11.6 Å². The third kappa shape index (κ3) is 5.36. The van der Waals surface area contributed by atoms with Gasteiger partial charge in [-0.15, -0.1) is 24.8 Å². The maximum atomic E-state index is 9.03. The lowest BCUT2D eigenvalue weighted by molar-refractivity contribution is 0.213. The number of hydrogen-bond donors (Lipinski definition) is 1. The van der Waals surface area contributed by atoms with Crippen molar-refractivity contribution in [1.82, 2.24) is 4.90 Å². The molecule has 0 atom stereocenters. The van der Waals surface area contributed by atoms with E-state index in [1.807, 2.05) is 6.07 Å². The normalized spacial score (nSPS) is 23.8. The predicted molar refractivity (Wildman–Crippen MR) is 99.2 cm³/mol. The summed E-state index contributed by atoms with van der Waals surface area (Å²) in [5.41, 5.74) is 9.55. The van der Waals surface area contributed by atoms with Gasteiger partial charge in [0.15, 0.2) is 0 Å². The molecule has 0 spiro atoms. The SMILES string of the molecule is Cl.Cl.N#Cc1ccc2c(c1)CN(CCC1CCC(N)CC1)CC2. The maximum Gasteiger partial charge on any atom is 0.0991 e. The lowest BCUT2D eigenvalue weighted by atomic mass is 9.84. The highest BCUT2D eigenvalue weighted by Crippen LogP contribution is 2.27. The van der Waals surface area contributed by atoms with Crippen molar-refractivity contribution in [2.24, 2.45) is 11.7 Å². The first-order valence-corrected chi connectivity index (χ1v) is 8.24. The molecule has 1 aliphatic carbocycles. The Morgan fingerprint density at radius 2 is 1.87 bits per heavy atom. The average Bonchev–Trinajstić information content (AvgIpc) is 2.53. The summed E-state index contributed by atoms with van der Waals surface area (Å²) < 4.78 is 0. The maximum absolute atomic E-state index is 9.03. The Hall–Kier alpha value is -0.790. The number of benzene rings is 1. The van der Waals surface area contributed by atoms with Crippen LogP contribution in [0.2, 0.25) is 0 Å². The van der Waals surface area contributed by atoms with E-state index in [4.69, 9.17) is 11.0 Å². The standard InChI is InChI=1S/C18H25N3.2ClH/c19-12-15-1-4-16-8-10-21(13-17(16)11-15)9-7-14-2-5-18(20)6-3-14;;/h1,4,11,14,18H,2-3,5-10,13,20H2;2*1H. The third-order valence-corrected chi connectivity index (χ3v) is 5.17. The van der Waals surface area contributed by atoms with Gasteiger partial charge < -0.3 is 5.73 Å². The highest BCUT2D eigenvalue weighted by atomic mass is 35.5. The molecular formula is C18H27Cl2N3. The van der Waals surface area contributed by atoms with Gasteiger partial charge in [-0.25, -0.2) is 0 Å². The quantitative estimate of drug-likeness (QED) is 0.899. The molecule has 1 aromatic rings. The van der Waals surface area contributed by atoms with Crippen LogP contribution in [-0.4, -0.2) is 24.0 Å². The molecule has 0 radical (unpaired) electrons. The summed E-state index contributed by atoms with van der Waals surface area (Å²) in [5, 5.41) is 9.03. The summed E-state index contributed by atoms with van der Waals surface area (Å²) in [6.45, 7) is 3.36. The van der Waals surface area contributed by atoms with Crippen LogP contribution in [0, 0.1) is 17.2 Å². The van der Waals surface area contributed by atoms with Gasteiger partial charge in [-0.2, -0.15) is 5.26 Å². The number of hydrogen-bond acceptors (Lipinski definition) is 3. The molecule has 0 saturated heterocycles. The first-order valence-electron chi connectivity index (χ1n) is 8.24. The first-order chi connectivity index (χ1) is 10.2. The van der Waals surface area contributed by atoms with Crippen molar-refractivity contribution in [3.05, 3.63) is 34.9 Å². The summed E-state index contributed by atoms with van der Waals surface area (Å²) in [6, 6.07) is 8.85. The van der Waals surface area contributed by atoms with Crippen LogP contribution in [0.1, 0.15) is 48.8 Å². The van der Waals surface area contributed by atoms with Crippen LogP contribution in [0.3, 0.4) is 0 Å². The molecule has 2 N–H and O–H groups in total. The van der Waals surface area contributed by atoms with Crippen LogP contribution in [-0.2, 0) is 13.0 Å². The molecular weight excluding hydrogens is 329 g/mol. The highest BCUT2D eigenvalue weighted by molar-refractivity contribution is 5.85. The monoisotopic (exact) mass is 355 g/mol. The van der Waals surface area contributed by atoms with Gasteiger partial charge in [0, 0.05) is 19.1 Å². The second-order valence-electron chi connectivity index (χ2n) is 6.69. The minimum Gasteiger partial charge on any atom is -0.328 e. The molecule has 23 heavy (non-hydrogen) atoms. The smallest absolute Gasteiger partial charge is 0.0991 e. The first kappa shape index (κ1) is 20.3. The van der Waals surface area contributed by atoms with Crippen LogP contribution in [0.25, 0.3) is 0 Å². The molecule has 0 unspecified atom stereocenters. The molecule has 0 aromatic heterocycles. The lowest BCUT2D eigenvalue weighted by Gasteiger charge is -2.32.